The topological polar surface area (TPSA) is 66.2 Å². The van der Waals surface area contributed by atoms with E-state index in [-0.39, 0.29) is 18.1 Å². The molecule has 1 aromatic carbocycles. The molecule has 0 aliphatic rings. The minimum atomic E-state index is -0.416. The molecule has 4 aromatic rings. The average molecular weight is 386 g/mol. The van der Waals surface area contributed by atoms with Crippen molar-refractivity contribution in [2.45, 2.75) is 33.4 Å². The van der Waals surface area contributed by atoms with Crippen LogP contribution in [-0.4, -0.2) is 23.1 Å². The highest BCUT2D eigenvalue weighted by molar-refractivity contribution is 6.31. The molecule has 0 atom stereocenters. The first-order chi connectivity index (χ1) is 12.8. The molecule has 7 nitrogen and oxygen atoms in total. The highest BCUT2D eigenvalue weighted by Crippen LogP contribution is 2.20. The van der Waals surface area contributed by atoms with E-state index >= 15 is 0 Å². The van der Waals surface area contributed by atoms with Crippen LogP contribution >= 0.6 is 11.6 Å². The number of aromatic nitrogens is 5. The average Bonchev–Trinajstić information content (AvgIpc) is 3.12. The summed E-state index contributed by atoms with van der Waals surface area (Å²) < 4.78 is 6.44. The van der Waals surface area contributed by atoms with Crippen LogP contribution in [0.3, 0.4) is 0 Å². The van der Waals surface area contributed by atoms with E-state index in [2.05, 4.69) is 18.8 Å². The molecule has 0 aliphatic heterocycles. The fourth-order valence-electron chi connectivity index (χ4n) is 3.60. The first-order valence-corrected chi connectivity index (χ1v) is 9.12. The molecule has 0 aliphatic carbocycles. The van der Waals surface area contributed by atoms with Gasteiger partial charge in [0.2, 0.25) is 5.78 Å². The smallest absolute Gasteiger partial charge is 0.312 e. The summed E-state index contributed by atoms with van der Waals surface area (Å²) in [7, 11) is 1.63. The van der Waals surface area contributed by atoms with Gasteiger partial charge in [-0.3, -0.25) is 18.3 Å². The van der Waals surface area contributed by atoms with Gasteiger partial charge < -0.3 is 4.57 Å². The van der Waals surface area contributed by atoms with Crippen molar-refractivity contribution in [1.82, 2.24) is 23.1 Å². The number of rotatable bonds is 3. The Hall–Kier alpha value is -2.80. The second-order valence-corrected chi connectivity index (χ2v) is 7.42. The molecule has 27 heavy (non-hydrogen) atoms. The molecule has 0 spiro atoms. The van der Waals surface area contributed by atoms with E-state index in [4.69, 9.17) is 11.6 Å². The SMILES string of the molecule is Cc1cn2c3c(=O)n(Cc4ccccc4Cl)c(=O)n(C)c3nc2n1C(C)C. The van der Waals surface area contributed by atoms with Crippen molar-refractivity contribution in [2.24, 2.45) is 7.05 Å². The van der Waals surface area contributed by atoms with E-state index in [0.29, 0.717) is 22.0 Å². The maximum Gasteiger partial charge on any atom is 0.332 e. The van der Waals surface area contributed by atoms with Crippen molar-refractivity contribution in [3.05, 3.63) is 67.6 Å². The van der Waals surface area contributed by atoms with Gasteiger partial charge >= 0.3 is 5.69 Å². The zero-order valence-electron chi connectivity index (χ0n) is 15.6. The van der Waals surface area contributed by atoms with Gasteiger partial charge in [-0.15, -0.1) is 0 Å². The van der Waals surface area contributed by atoms with E-state index in [1.54, 1.807) is 17.5 Å². The Labute approximate surface area is 160 Å². The summed E-state index contributed by atoms with van der Waals surface area (Å²) in [6.07, 6.45) is 1.89. The molecule has 0 saturated carbocycles. The normalized spacial score (nSPS) is 11.9. The van der Waals surface area contributed by atoms with Gasteiger partial charge in [0.1, 0.15) is 0 Å². The molecular formula is C19H20ClN5O2. The largest absolute Gasteiger partial charge is 0.332 e. The summed E-state index contributed by atoms with van der Waals surface area (Å²) in [4.78, 5) is 30.6. The van der Waals surface area contributed by atoms with E-state index in [9.17, 15) is 9.59 Å². The third-order valence-electron chi connectivity index (χ3n) is 4.87. The van der Waals surface area contributed by atoms with Gasteiger partial charge in [0.05, 0.1) is 6.54 Å². The quantitative estimate of drug-likeness (QED) is 0.544. The van der Waals surface area contributed by atoms with Crippen molar-refractivity contribution in [3.8, 4) is 0 Å². The molecule has 0 saturated heterocycles. The molecule has 3 heterocycles. The number of halogens is 1. The van der Waals surface area contributed by atoms with Gasteiger partial charge in [-0.1, -0.05) is 29.8 Å². The highest BCUT2D eigenvalue weighted by Gasteiger charge is 2.21. The monoisotopic (exact) mass is 385 g/mol. The molecule has 8 heteroatoms. The number of imidazole rings is 2. The van der Waals surface area contributed by atoms with Crippen LogP contribution in [0.5, 0.6) is 0 Å². The van der Waals surface area contributed by atoms with Crippen molar-refractivity contribution in [1.29, 1.82) is 0 Å². The van der Waals surface area contributed by atoms with Gasteiger partial charge in [0.15, 0.2) is 11.2 Å². The summed E-state index contributed by atoms with van der Waals surface area (Å²) in [5, 5.41) is 0.520. The Morgan fingerprint density at radius 1 is 1.19 bits per heavy atom. The minimum absolute atomic E-state index is 0.109. The van der Waals surface area contributed by atoms with Gasteiger partial charge in [-0.05, 0) is 32.4 Å². The van der Waals surface area contributed by atoms with Crippen LogP contribution in [0.2, 0.25) is 5.02 Å². The van der Waals surface area contributed by atoms with Crippen LogP contribution in [0.15, 0.2) is 40.1 Å². The van der Waals surface area contributed by atoms with Crippen LogP contribution in [0.1, 0.15) is 31.1 Å². The van der Waals surface area contributed by atoms with Crippen molar-refractivity contribution in [3.63, 3.8) is 0 Å². The predicted octanol–water partition coefficient (Wildman–Crippen LogP) is 2.74. The van der Waals surface area contributed by atoms with Gasteiger partial charge in [-0.25, -0.2) is 4.79 Å². The highest BCUT2D eigenvalue weighted by atomic mass is 35.5. The maximum atomic E-state index is 13.2. The van der Waals surface area contributed by atoms with Crippen molar-refractivity contribution < 1.29 is 0 Å². The molecule has 140 valence electrons. The molecule has 0 bridgehead atoms. The van der Waals surface area contributed by atoms with Gasteiger partial charge in [-0.2, -0.15) is 4.98 Å². The number of aryl methyl sites for hydroxylation is 2. The lowest BCUT2D eigenvalue weighted by atomic mass is 10.2. The first kappa shape index (κ1) is 17.6. The molecule has 0 N–H and O–H groups in total. The van der Waals surface area contributed by atoms with Crippen LogP contribution in [0, 0.1) is 6.92 Å². The number of fused-ring (bicyclic) bond motifs is 3. The lowest BCUT2D eigenvalue weighted by Crippen LogP contribution is -2.39. The summed E-state index contributed by atoms with van der Waals surface area (Å²) in [5.41, 5.74) is 1.70. The summed E-state index contributed by atoms with van der Waals surface area (Å²) in [5.74, 6) is 0.653. The molecular weight excluding hydrogens is 366 g/mol. The second kappa shape index (κ2) is 6.13. The lowest BCUT2D eigenvalue weighted by molar-refractivity contribution is 0.601. The molecule has 3 aromatic heterocycles. The summed E-state index contributed by atoms with van der Waals surface area (Å²) in [6.45, 7) is 6.20. The summed E-state index contributed by atoms with van der Waals surface area (Å²) >= 11 is 6.22. The number of hydrogen-bond donors (Lipinski definition) is 0. The molecule has 0 radical (unpaired) electrons. The van der Waals surface area contributed by atoms with Crippen molar-refractivity contribution >= 4 is 28.5 Å². The Bertz CT molecular complexity index is 1310. The Morgan fingerprint density at radius 2 is 1.89 bits per heavy atom. The van der Waals surface area contributed by atoms with E-state index < -0.39 is 5.69 Å². The Kier molecular flexibility index (Phi) is 3.99. The third-order valence-corrected chi connectivity index (χ3v) is 5.24. The zero-order valence-corrected chi connectivity index (χ0v) is 16.4. The van der Waals surface area contributed by atoms with E-state index in [1.807, 2.05) is 35.9 Å². The predicted molar refractivity (Wildman–Crippen MR) is 106 cm³/mol. The summed E-state index contributed by atoms with van der Waals surface area (Å²) in [6, 6.07) is 7.38. The molecule has 0 unspecified atom stereocenters. The fraction of sp³-hybridized carbons (Fsp3) is 0.316. The third kappa shape index (κ3) is 2.53. The van der Waals surface area contributed by atoms with Gasteiger partial charge in [0.25, 0.3) is 5.56 Å². The van der Waals surface area contributed by atoms with Crippen LogP contribution in [-0.2, 0) is 13.6 Å². The van der Waals surface area contributed by atoms with Crippen molar-refractivity contribution in [2.75, 3.05) is 0 Å². The van der Waals surface area contributed by atoms with Gasteiger partial charge in [0, 0.05) is 30.0 Å². The Balaban J connectivity index is 2.06. The fourth-order valence-corrected chi connectivity index (χ4v) is 3.80. The number of hydrogen-bond acceptors (Lipinski definition) is 3. The Morgan fingerprint density at radius 3 is 2.56 bits per heavy atom. The van der Waals surface area contributed by atoms with Crippen LogP contribution in [0.25, 0.3) is 16.9 Å². The minimum Gasteiger partial charge on any atom is -0.312 e. The van der Waals surface area contributed by atoms with E-state index in [0.717, 1.165) is 11.3 Å². The first-order valence-electron chi connectivity index (χ1n) is 8.74. The molecule has 0 amide bonds. The lowest BCUT2D eigenvalue weighted by Gasteiger charge is -2.09. The molecule has 0 fully saturated rings. The van der Waals surface area contributed by atoms with E-state index in [1.165, 1.54) is 9.13 Å². The molecule has 4 rings (SSSR count). The zero-order chi connectivity index (χ0) is 19.5. The van der Waals surface area contributed by atoms with Crippen LogP contribution < -0.4 is 11.2 Å². The standard InChI is InChI=1S/C19H20ClN5O2/c1-11(2)25-12(3)9-23-15-16(21-18(23)25)22(4)19(27)24(17(15)26)10-13-7-5-6-8-14(13)20/h5-9,11H,10H2,1-4H3. The van der Waals surface area contributed by atoms with Crippen LogP contribution in [0.4, 0.5) is 0 Å². The number of benzene rings is 1. The number of nitrogens with zero attached hydrogens (tertiary/aromatic N) is 5. The second-order valence-electron chi connectivity index (χ2n) is 7.01. The maximum absolute atomic E-state index is 13.2.